The molecule has 2 heterocycles. The second-order valence-electron chi connectivity index (χ2n) is 5.44. The molecule has 3 aromatic rings. The van der Waals surface area contributed by atoms with Gasteiger partial charge in [-0.05, 0) is 24.3 Å². The van der Waals surface area contributed by atoms with E-state index in [0.29, 0.717) is 17.1 Å². The largest absolute Gasteiger partial charge is 0.467 e. The molecule has 0 bridgehead atoms. The van der Waals surface area contributed by atoms with Gasteiger partial charge in [-0.3, -0.25) is 14.9 Å². The van der Waals surface area contributed by atoms with Crippen LogP contribution < -0.4 is 5.32 Å². The number of carbonyl (C=O) groups is 1. The fraction of sp³-hybridized carbons (Fsp3) is 0.0526. The van der Waals surface area contributed by atoms with E-state index >= 15 is 0 Å². The van der Waals surface area contributed by atoms with Crippen LogP contribution in [0.4, 0.5) is 5.69 Å². The lowest BCUT2D eigenvalue weighted by Gasteiger charge is -2.01. The summed E-state index contributed by atoms with van der Waals surface area (Å²) >= 11 is 0. The number of nitriles is 1. The summed E-state index contributed by atoms with van der Waals surface area (Å²) in [7, 11) is 0. The number of rotatable bonds is 6. The van der Waals surface area contributed by atoms with Gasteiger partial charge in [0.05, 0.1) is 17.7 Å². The molecule has 134 valence electrons. The maximum atomic E-state index is 12.1. The van der Waals surface area contributed by atoms with Crippen LogP contribution in [0.5, 0.6) is 0 Å². The van der Waals surface area contributed by atoms with Crippen molar-refractivity contribution in [1.82, 2.24) is 5.32 Å². The van der Waals surface area contributed by atoms with Crippen molar-refractivity contribution in [1.29, 1.82) is 5.26 Å². The summed E-state index contributed by atoms with van der Waals surface area (Å²) in [6, 6.07) is 14.4. The molecule has 0 saturated carbocycles. The molecular formula is C19H13N3O5. The Morgan fingerprint density at radius 2 is 2.11 bits per heavy atom. The van der Waals surface area contributed by atoms with E-state index in [2.05, 4.69) is 5.32 Å². The van der Waals surface area contributed by atoms with Crippen LogP contribution in [0, 0.1) is 21.4 Å². The van der Waals surface area contributed by atoms with Gasteiger partial charge in [0.25, 0.3) is 11.6 Å². The molecule has 8 nitrogen and oxygen atoms in total. The van der Waals surface area contributed by atoms with Gasteiger partial charge in [0.1, 0.15) is 28.9 Å². The molecule has 0 atom stereocenters. The minimum absolute atomic E-state index is 0.0593. The number of nitro groups is 1. The Kier molecular flexibility index (Phi) is 5.14. The van der Waals surface area contributed by atoms with Crippen LogP contribution in [0.1, 0.15) is 11.5 Å². The maximum absolute atomic E-state index is 12.1. The van der Waals surface area contributed by atoms with Crippen molar-refractivity contribution >= 4 is 17.7 Å². The smallest absolute Gasteiger partial charge is 0.270 e. The van der Waals surface area contributed by atoms with E-state index in [1.807, 2.05) is 6.07 Å². The third-order valence-corrected chi connectivity index (χ3v) is 3.62. The van der Waals surface area contributed by atoms with Gasteiger partial charge in [-0.2, -0.15) is 5.26 Å². The number of non-ortho nitro benzene ring substituents is 1. The maximum Gasteiger partial charge on any atom is 0.270 e. The zero-order chi connectivity index (χ0) is 19.2. The Morgan fingerprint density at radius 3 is 2.81 bits per heavy atom. The summed E-state index contributed by atoms with van der Waals surface area (Å²) in [6.07, 6.45) is 2.79. The number of amides is 1. The standard InChI is InChI=1S/C19H13N3O5/c20-11-14(19(23)21-12-17-5-2-8-26-17)10-16-6-7-18(27-16)13-3-1-4-15(9-13)22(24)25/h1-10H,12H2,(H,21,23)/b14-10-. The molecule has 0 saturated heterocycles. The number of hydrogen-bond acceptors (Lipinski definition) is 6. The first-order valence-electron chi connectivity index (χ1n) is 7.84. The molecule has 2 aromatic heterocycles. The van der Waals surface area contributed by atoms with Gasteiger partial charge in [0.15, 0.2) is 0 Å². The monoisotopic (exact) mass is 363 g/mol. The first kappa shape index (κ1) is 17.7. The highest BCUT2D eigenvalue weighted by Gasteiger charge is 2.13. The minimum atomic E-state index is -0.567. The zero-order valence-electron chi connectivity index (χ0n) is 13.9. The lowest BCUT2D eigenvalue weighted by molar-refractivity contribution is -0.384. The van der Waals surface area contributed by atoms with Gasteiger partial charge in [0, 0.05) is 23.8 Å². The summed E-state index contributed by atoms with van der Waals surface area (Å²) in [4.78, 5) is 22.5. The predicted molar refractivity (Wildman–Crippen MR) is 94.9 cm³/mol. The first-order valence-corrected chi connectivity index (χ1v) is 7.84. The fourth-order valence-electron chi connectivity index (χ4n) is 2.32. The molecule has 0 aliphatic carbocycles. The Hall–Kier alpha value is -4.12. The van der Waals surface area contributed by atoms with Crippen LogP contribution in [-0.4, -0.2) is 10.8 Å². The molecule has 3 rings (SSSR count). The summed E-state index contributed by atoms with van der Waals surface area (Å²) < 4.78 is 10.7. The number of nitrogens with one attached hydrogen (secondary N) is 1. The number of nitrogens with zero attached hydrogens (tertiary/aromatic N) is 2. The van der Waals surface area contributed by atoms with Gasteiger partial charge in [-0.1, -0.05) is 12.1 Å². The van der Waals surface area contributed by atoms with Gasteiger partial charge in [0.2, 0.25) is 0 Å². The Morgan fingerprint density at radius 1 is 1.26 bits per heavy atom. The molecule has 0 fully saturated rings. The van der Waals surface area contributed by atoms with Crippen molar-refractivity contribution in [2.24, 2.45) is 0 Å². The summed E-state index contributed by atoms with van der Waals surface area (Å²) in [5.74, 6) is 0.660. The molecule has 8 heteroatoms. The van der Waals surface area contributed by atoms with E-state index in [4.69, 9.17) is 8.83 Å². The average Bonchev–Trinajstić information content (AvgIpc) is 3.36. The van der Waals surface area contributed by atoms with Crippen molar-refractivity contribution in [3.05, 3.63) is 82.0 Å². The highest BCUT2D eigenvalue weighted by molar-refractivity contribution is 6.01. The van der Waals surface area contributed by atoms with E-state index in [0.717, 1.165) is 0 Å². The van der Waals surface area contributed by atoms with Crippen LogP contribution in [0.15, 0.2) is 69.2 Å². The van der Waals surface area contributed by atoms with E-state index in [-0.39, 0.29) is 23.6 Å². The molecule has 1 amide bonds. The highest BCUT2D eigenvalue weighted by atomic mass is 16.6. The van der Waals surface area contributed by atoms with Crippen LogP contribution in [0.25, 0.3) is 17.4 Å². The lowest BCUT2D eigenvalue weighted by Crippen LogP contribution is -2.23. The average molecular weight is 363 g/mol. The topological polar surface area (TPSA) is 122 Å². The Bertz CT molecular complexity index is 1040. The molecule has 1 aromatic carbocycles. The fourth-order valence-corrected chi connectivity index (χ4v) is 2.32. The van der Waals surface area contributed by atoms with Crippen molar-refractivity contribution in [2.45, 2.75) is 6.54 Å². The van der Waals surface area contributed by atoms with Gasteiger partial charge in [-0.15, -0.1) is 0 Å². The van der Waals surface area contributed by atoms with Crippen molar-refractivity contribution in [3.63, 3.8) is 0 Å². The van der Waals surface area contributed by atoms with Crippen LogP contribution in [-0.2, 0) is 11.3 Å². The molecule has 27 heavy (non-hydrogen) atoms. The third-order valence-electron chi connectivity index (χ3n) is 3.62. The number of furan rings is 2. The molecule has 1 N–H and O–H groups in total. The van der Waals surface area contributed by atoms with Gasteiger partial charge < -0.3 is 14.2 Å². The number of nitro benzene ring substituents is 1. The minimum Gasteiger partial charge on any atom is -0.467 e. The third kappa shape index (κ3) is 4.29. The quantitative estimate of drug-likeness (QED) is 0.308. The number of benzene rings is 1. The summed E-state index contributed by atoms with van der Waals surface area (Å²) in [5, 5.41) is 22.7. The molecule has 0 spiro atoms. The molecular weight excluding hydrogens is 350 g/mol. The van der Waals surface area contributed by atoms with Crippen molar-refractivity contribution in [3.8, 4) is 17.4 Å². The normalized spacial score (nSPS) is 11.0. The molecule has 0 aliphatic rings. The van der Waals surface area contributed by atoms with Crippen LogP contribution >= 0.6 is 0 Å². The highest BCUT2D eigenvalue weighted by Crippen LogP contribution is 2.26. The number of hydrogen-bond donors (Lipinski definition) is 1. The van der Waals surface area contributed by atoms with Gasteiger partial charge in [-0.25, -0.2) is 0 Å². The summed E-state index contributed by atoms with van der Waals surface area (Å²) in [5.41, 5.74) is 0.321. The van der Waals surface area contributed by atoms with Crippen LogP contribution in [0.3, 0.4) is 0 Å². The zero-order valence-corrected chi connectivity index (χ0v) is 13.9. The van der Waals surface area contributed by atoms with E-state index in [1.54, 1.807) is 36.4 Å². The molecule has 0 aliphatic heterocycles. The van der Waals surface area contributed by atoms with Gasteiger partial charge >= 0.3 is 0 Å². The van der Waals surface area contributed by atoms with E-state index in [1.165, 1.54) is 24.5 Å². The SMILES string of the molecule is N#C/C(=C/c1ccc(-c2cccc([N+](=O)[O-])c2)o1)C(=O)NCc1ccco1. The van der Waals surface area contributed by atoms with Crippen molar-refractivity contribution < 1.29 is 18.6 Å². The lowest BCUT2D eigenvalue weighted by atomic mass is 10.1. The Balaban J connectivity index is 1.76. The Labute approximate surface area is 153 Å². The van der Waals surface area contributed by atoms with E-state index < -0.39 is 10.8 Å². The van der Waals surface area contributed by atoms with Crippen molar-refractivity contribution in [2.75, 3.05) is 0 Å². The molecule has 0 unspecified atom stereocenters. The predicted octanol–water partition coefficient (Wildman–Crippen LogP) is 3.67. The second kappa shape index (κ2) is 7.84. The van der Waals surface area contributed by atoms with E-state index in [9.17, 15) is 20.2 Å². The second-order valence-corrected chi connectivity index (χ2v) is 5.44. The first-order chi connectivity index (χ1) is 13.1. The number of carbonyl (C=O) groups excluding carboxylic acids is 1. The molecule has 0 radical (unpaired) electrons. The van der Waals surface area contributed by atoms with Crippen LogP contribution in [0.2, 0.25) is 0 Å². The summed E-state index contributed by atoms with van der Waals surface area (Å²) in [6.45, 7) is 0.155.